The molecular weight excluding hydrogens is 208 g/mol. The van der Waals surface area contributed by atoms with Gasteiger partial charge in [0.1, 0.15) is 5.75 Å². The largest absolute Gasteiger partial charge is 0.497 e. The van der Waals surface area contributed by atoms with Crippen LogP contribution in [0.3, 0.4) is 0 Å². The van der Waals surface area contributed by atoms with Gasteiger partial charge < -0.3 is 4.74 Å². The first-order chi connectivity index (χ1) is 7.27. The molecule has 0 amide bonds. The van der Waals surface area contributed by atoms with E-state index in [4.69, 9.17) is 4.74 Å². The number of carbonyl (C=O) groups excluding carboxylic acids is 1. The predicted molar refractivity (Wildman–Crippen MR) is 64.8 cm³/mol. The Morgan fingerprint density at radius 3 is 3.07 bits per heavy atom. The van der Waals surface area contributed by atoms with Gasteiger partial charge in [-0.2, -0.15) is 0 Å². The summed E-state index contributed by atoms with van der Waals surface area (Å²) in [5.41, 5.74) is 0.700. The SMILES string of the molecule is C=CCSCC(=O)c1cccc(OC)c1. The summed E-state index contributed by atoms with van der Waals surface area (Å²) in [5.74, 6) is 2.13. The van der Waals surface area contributed by atoms with Crippen molar-refractivity contribution < 1.29 is 9.53 Å². The highest BCUT2D eigenvalue weighted by Gasteiger charge is 2.05. The van der Waals surface area contributed by atoms with Crippen molar-refractivity contribution in [3.05, 3.63) is 42.5 Å². The first-order valence-electron chi connectivity index (χ1n) is 4.64. The fourth-order valence-corrected chi connectivity index (χ4v) is 1.75. The van der Waals surface area contributed by atoms with E-state index in [0.29, 0.717) is 11.3 Å². The first kappa shape index (κ1) is 11.9. The molecule has 80 valence electrons. The summed E-state index contributed by atoms with van der Waals surface area (Å²) in [6.07, 6.45) is 1.80. The third kappa shape index (κ3) is 3.80. The van der Waals surface area contributed by atoms with Gasteiger partial charge in [-0.3, -0.25) is 4.79 Å². The number of hydrogen-bond acceptors (Lipinski definition) is 3. The van der Waals surface area contributed by atoms with Crippen molar-refractivity contribution in [3.8, 4) is 5.75 Å². The monoisotopic (exact) mass is 222 g/mol. The van der Waals surface area contributed by atoms with Crippen LogP contribution in [0, 0.1) is 0 Å². The molecule has 0 heterocycles. The Labute approximate surface area is 94.3 Å². The molecule has 0 spiro atoms. The normalized spacial score (nSPS) is 9.67. The van der Waals surface area contributed by atoms with E-state index in [1.165, 1.54) is 0 Å². The average molecular weight is 222 g/mol. The second-order valence-corrected chi connectivity index (χ2v) is 3.99. The van der Waals surface area contributed by atoms with Gasteiger partial charge in [-0.15, -0.1) is 18.3 Å². The lowest BCUT2D eigenvalue weighted by molar-refractivity contribution is 0.102. The molecule has 0 saturated carbocycles. The van der Waals surface area contributed by atoms with Crippen LogP contribution in [-0.2, 0) is 0 Å². The highest BCUT2D eigenvalue weighted by Crippen LogP contribution is 2.14. The molecule has 3 heteroatoms. The van der Waals surface area contributed by atoms with E-state index >= 15 is 0 Å². The number of Topliss-reactive ketones (excluding diaryl/α,β-unsaturated/α-hetero) is 1. The van der Waals surface area contributed by atoms with Gasteiger partial charge in [-0.1, -0.05) is 18.2 Å². The molecular formula is C12H14O2S. The third-order valence-electron chi connectivity index (χ3n) is 1.86. The van der Waals surface area contributed by atoms with Crippen LogP contribution in [0.2, 0.25) is 0 Å². The molecule has 0 saturated heterocycles. The number of rotatable bonds is 6. The maximum atomic E-state index is 11.7. The highest BCUT2D eigenvalue weighted by molar-refractivity contribution is 8.00. The third-order valence-corrected chi connectivity index (χ3v) is 2.80. The zero-order valence-corrected chi connectivity index (χ0v) is 9.55. The quantitative estimate of drug-likeness (QED) is 0.420. The lowest BCUT2D eigenvalue weighted by Crippen LogP contribution is -2.02. The maximum Gasteiger partial charge on any atom is 0.172 e. The molecule has 0 atom stereocenters. The van der Waals surface area contributed by atoms with Gasteiger partial charge in [0, 0.05) is 11.3 Å². The van der Waals surface area contributed by atoms with E-state index in [2.05, 4.69) is 6.58 Å². The van der Waals surface area contributed by atoms with E-state index < -0.39 is 0 Å². The Morgan fingerprint density at radius 1 is 1.60 bits per heavy atom. The minimum Gasteiger partial charge on any atom is -0.497 e. The van der Waals surface area contributed by atoms with Crippen LogP contribution in [0.1, 0.15) is 10.4 Å². The van der Waals surface area contributed by atoms with Crippen LogP contribution in [0.4, 0.5) is 0 Å². The second kappa shape index (κ2) is 6.30. The standard InChI is InChI=1S/C12H14O2S/c1-3-7-15-9-12(13)10-5-4-6-11(8-10)14-2/h3-6,8H,1,7,9H2,2H3. The lowest BCUT2D eigenvalue weighted by Gasteiger charge is -2.03. The minimum absolute atomic E-state index is 0.126. The smallest absolute Gasteiger partial charge is 0.172 e. The fourth-order valence-electron chi connectivity index (χ4n) is 1.11. The minimum atomic E-state index is 0.126. The topological polar surface area (TPSA) is 26.3 Å². The molecule has 1 aromatic rings. The Morgan fingerprint density at radius 2 is 2.40 bits per heavy atom. The Balaban J connectivity index is 2.60. The predicted octanol–water partition coefficient (Wildman–Crippen LogP) is 2.80. The molecule has 2 nitrogen and oxygen atoms in total. The van der Waals surface area contributed by atoms with Crippen molar-refractivity contribution in [1.29, 1.82) is 0 Å². The van der Waals surface area contributed by atoms with Gasteiger partial charge in [-0.05, 0) is 12.1 Å². The Hall–Kier alpha value is -1.22. The molecule has 1 rings (SSSR count). The summed E-state index contributed by atoms with van der Waals surface area (Å²) >= 11 is 1.56. The van der Waals surface area contributed by atoms with Crippen LogP contribution in [0.25, 0.3) is 0 Å². The van der Waals surface area contributed by atoms with Crippen molar-refractivity contribution >= 4 is 17.5 Å². The van der Waals surface area contributed by atoms with Crippen molar-refractivity contribution in [3.63, 3.8) is 0 Å². The van der Waals surface area contributed by atoms with Crippen molar-refractivity contribution in [2.24, 2.45) is 0 Å². The maximum absolute atomic E-state index is 11.7. The van der Waals surface area contributed by atoms with Crippen molar-refractivity contribution in [1.82, 2.24) is 0 Å². The van der Waals surface area contributed by atoms with Gasteiger partial charge in [0.25, 0.3) is 0 Å². The number of thioether (sulfide) groups is 1. The number of methoxy groups -OCH3 is 1. The summed E-state index contributed by atoms with van der Waals surface area (Å²) in [7, 11) is 1.59. The molecule has 1 aromatic carbocycles. The molecule has 0 aliphatic heterocycles. The summed E-state index contributed by atoms with van der Waals surface area (Å²) in [6.45, 7) is 3.61. The highest BCUT2D eigenvalue weighted by atomic mass is 32.2. The molecule has 0 unspecified atom stereocenters. The molecule has 0 bridgehead atoms. The molecule has 0 fully saturated rings. The average Bonchev–Trinajstić information content (AvgIpc) is 2.29. The van der Waals surface area contributed by atoms with E-state index in [9.17, 15) is 4.79 Å². The molecule has 0 radical (unpaired) electrons. The Kier molecular flexibility index (Phi) is 4.98. The number of benzene rings is 1. The second-order valence-electron chi connectivity index (χ2n) is 2.96. The summed E-state index contributed by atoms with van der Waals surface area (Å²) in [5, 5.41) is 0. The molecule has 15 heavy (non-hydrogen) atoms. The lowest BCUT2D eigenvalue weighted by atomic mass is 10.1. The number of ketones is 1. The molecule has 0 N–H and O–H groups in total. The van der Waals surface area contributed by atoms with Gasteiger partial charge in [0.15, 0.2) is 5.78 Å². The van der Waals surface area contributed by atoms with Gasteiger partial charge in [0.2, 0.25) is 0 Å². The molecule has 0 aliphatic carbocycles. The summed E-state index contributed by atoms with van der Waals surface area (Å²) in [6, 6.07) is 7.22. The summed E-state index contributed by atoms with van der Waals surface area (Å²) < 4.78 is 5.06. The van der Waals surface area contributed by atoms with Crippen molar-refractivity contribution in [2.75, 3.05) is 18.6 Å². The van der Waals surface area contributed by atoms with E-state index in [1.807, 2.05) is 12.1 Å². The zero-order chi connectivity index (χ0) is 11.1. The van der Waals surface area contributed by atoms with E-state index in [1.54, 1.807) is 37.1 Å². The zero-order valence-electron chi connectivity index (χ0n) is 8.73. The van der Waals surface area contributed by atoms with Crippen LogP contribution >= 0.6 is 11.8 Å². The van der Waals surface area contributed by atoms with Crippen LogP contribution in [0.5, 0.6) is 5.75 Å². The van der Waals surface area contributed by atoms with Gasteiger partial charge >= 0.3 is 0 Å². The van der Waals surface area contributed by atoms with Crippen LogP contribution in [0.15, 0.2) is 36.9 Å². The van der Waals surface area contributed by atoms with Gasteiger partial charge in [-0.25, -0.2) is 0 Å². The fraction of sp³-hybridized carbons (Fsp3) is 0.250. The van der Waals surface area contributed by atoms with E-state index in [-0.39, 0.29) is 5.78 Å². The molecule has 0 aliphatic rings. The van der Waals surface area contributed by atoms with Gasteiger partial charge in [0.05, 0.1) is 12.9 Å². The summed E-state index contributed by atoms with van der Waals surface area (Å²) in [4.78, 5) is 11.7. The first-order valence-corrected chi connectivity index (χ1v) is 5.79. The Bertz CT molecular complexity index is 347. The van der Waals surface area contributed by atoms with Crippen LogP contribution < -0.4 is 4.74 Å². The molecule has 0 aromatic heterocycles. The number of hydrogen-bond donors (Lipinski definition) is 0. The number of carbonyl (C=O) groups is 1. The number of ether oxygens (including phenoxy) is 1. The van der Waals surface area contributed by atoms with E-state index in [0.717, 1.165) is 11.5 Å². The van der Waals surface area contributed by atoms with Crippen molar-refractivity contribution in [2.45, 2.75) is 0 Å². The van der Waals surface area contributed by atoms with Crippen LogP contribution in [-0.4, -0.2) is 24.4 Å².